The third-order valence-electron chi connectivity index (χ3n) is 8.92. The third-order valence-corrected chi connectivity index (χ3v) is 8.92. The summed E-state index contributed by atoms with van der Waals surface area (Å²) in [5.74, 6) is 6.59. The molecule has 1 aromatic heterocycles. The molecule has 2 heterocycles. The smallest absolute Gasteiger partial charge is 0.481 e. The summed E-state index contributed by atoms with van der Waals surface area (Å²) >= 11 is 0. The maximum Gasteiger partial charge on any atom is 0.496 e. The molecule has 1 saturated heterocycles. The van der Waals surface area contributed by atoms with Gasteiger partial charge in [-0.15, -0.1) is 0 Å². The van der Waals surface area contributed by atoms with E-state index in [0.717, 1.165) is 39.5 Å². The molecule has 0 aliphatic carbocycles. The number of hydrogen-bond acceptors (Lipinski definition) is 7. The van der Waals surface area contributed by atoms with Gasteiger partial charge in [0.1, 0.15) is 5.60 Å². The zero-order valence-corrected chi connectivity index (χ0v) is 25.8. The fraction of sp³-hybridized carbons (Fsp3) is 0.382. The first-order valence-electron chi connectivity index (χ1n) is 14.5. The summed E-state index contributed by atoms with van der Waals surface area (Å²) in [6.07, 6.45) is 2.38. The van der Waals surface area contributed by atoms with Gasteiger partial charge in [-0.3, -0.25) is 4.84 Å². The highest BCUT2D eigenvalue weighted by atomic mass is 16.7. The monoisotopic (exact) mass is 567 g/mol. The van der Waals surface area contributed by atoms with E-state index in [2.05, 4.69) is 73.6 Å². The fourth-order valence-electron chi connectivity index (χ4n) is 5.93. The summed E-state index contributed by atoms with van der Waals surface area (Å²) in [7, 11) is 5.17. The Labute approximate surface area is 250 Å². The van der Waals surface area contributed by atoms with E-state index in [1.165, 1.54) is 0 Å². The summed E-state index contributed by atoms with van der Waals surface area (Å²) < 4.78 is 18.8. The van der Waals surface area contributed by atoms with Crippen molar-refractivity contribution in [2.75, 3.05) is 27.7 Å². The molecule has 0 spiro atoms. The van der Waals surface area contributed by atoms with Crippen molar-refractivity contribution >= 4 is 23.4 Å². The minimum absolute atomic E-state index is 0.390. The molecule has 42 heavy (non-hydrogen) atoms. The third kappa shape index (κ3) is 5.45. The second-order valence-corrected chi connectivity index (χ2v) is 12.4. The maximum atomic E-state index is 6.49. The molecule has 1 fully saturated rings. The molecule has 7 nitrogen and oxygen atoms in total. The summed E-state index contributed by atoms with van der Waals surface area (Å²) in [4.78, 5) is 13.3. The Kier molecular flexibility index (Phi) is 8.47. The summed E-state index contributed by atoms with van der Waals surface area (Å²) in [5.41, 5.74) is 1.71. The molecule has 3 aromatic carbocycles. The van der Waals surface area contributed by atoms with Crippen LogP contribution in [0.5, 0.6) is 5.88 Å². The summed E-state index contributed by atoms with van der Waals surface area (Å²) in [6.45, 7) is 8.93. The van der Waals surface area contributed by atoms with Crippen molar-refractivity contribution in [3.63, 3.8) is 0 Å². The van der Waals surface area contributed by atoms with Crippen LogP contribution >= 0.6 is 0 Å². The van der Waals surface area contributed by atoms with Crippen LogP contribution in [0.3, 0.4) is 0 Å². The van der Waals surface area contributed by atoms with Gasteiger partial charge in [0.25, 0.3) is 0 Å². The molecule has 1 aliphatic heterocycles. The topological polar surface area (TPSA) is 79.1 Å². The molecule has 1 aliphatic rings. The van der Waals surface area contributed by atoms with Crippen LogP contribution in [-0.4, -0.2) is 56.0 Å². The molecule has 0 saturated carbocycles. The summed E-state index contributed by atoms with van der Waals surface area (Å²) in [6, 6.07) is 27.1. The Balaban J connectivity index is 1.79. The number of benzene rings is 3. The van der Waals surface area contributed by atoms with Gasteiger partial charge in [0, 0.05) is 29.7 Å². The largest absolute Gasteiger partial charge is 0.496 e. The Morgan fingerprint density at radius 1 is 0.929 bits per heavy atom. The molecule has 5 rings (SSSR count). The van der Waals surface area contributed by atoms with E-state index in [4.69, 9.17) is 29.8 Å². The van der Waals surface area contributed by atoms with E-state index in [1.54, 1.807) is 13.3 Å². The number of nitrogens with two attached hydrogens (primary N) is 1. The van der Waals surface area contributed by atoms with Gasteiger partial charge in [-0.05, 0) is 70.1 Å². The number of rotatable bonds is 10. The van der Waals surface area contributed by atoms with E-state index >= 15 is 0 Å². The number of pyridine rings is 1. The molecule has 2 atom stereocenters. The first kappa shape index (κ1) is 30.2. The molecule has 8 heteroatoms. The number of fused-ring (bicyclic) bond motifs is 1. The molecule has 2 unspecified atom stereocenters. The van der Waals surface area contributed by atoms with Gasteiger partial charge >= 0.3 is 7.12 Å². The Bertz CT molecular complexity index is 1510. The SMILES string of the molecule is COc1ncc(B2OC(C)(C)C(C)(C)O2)cc1C(c1ccccc1)C(CCN(C)C)(ON)c1cccc2ccccc12. The van der Waals surface area contributed by atoms with Gasteiger partial charge in [-0.2, -0.15) is 0 Å². The van der Waals surface area contributed by atoms with Crippen LogP contribution in [0.4, 0.5) is 0 Å². The average molecular weight is 568 g/mol. The van der Waals surface area contributed by atoms with E-state index in [0.29, 0.717) is 12.3 Å². The number of methoxy groups -OCH3 is 1. The molecule has 0 radical (unpaired) electrons. The number of aromatic nitrogens is 1. The number of nitrogens with zero attached hydrogens (tertiary/aromatic N) is 2. The quantitative estimate of drug-likeness (QED) is 0.203. The van der Waals surface area contributed by atoms with Crippen LogP contribution in [0.25, 0.3) is 10.8 Å². The predicted octanol–water partition coefficient (Wildman–Crippen LogP) is 5.41. The van der Waals surface area contributed by atoms with E-state index in [9.17, 15) is 0 Å². The number of ether oxygens (including phenoxy) is 1. The average Bonchev–Trinajstić information content (AvgIpc) is 3.21. The first-order chi connectivity index (χ1) is 20.0. The lowest BCUT2D eigenvalue weighted by Crippen LogP contribution is -2.43. The maximum absolute atomic E-state index is 6.49. The molecular formula is C34H42BN3O4. The zero-order valence-electron chi connectivity index (χ0n) is 25.8. The van der Waals surface area contributed by atoms with Gasteiger partial charge < -0.3 is 18.9 Å². The van der Waals surface area contributed by atoms with E-state index < -0.39 is 23.9 Å². The van der Waals surface area contributed by atoms with Crippen LogP contribution in [-0.2, 0) is 19.7 Å². The second kappa shape index (κ2) is 11.8. The van der Waals surface area contributed by atoms with E-state index in [1.807, 2.05) is 52.0 Å². The highest BCUT2D eigenvalue weighted by Crippen LogP contribution is 2.50. The lowest BCUT2D eigenvalue weighted by molar-refractivity contribution is -0.0747. The Hall–Kier alpha value is -3.27. The minimum Gasteiger partial charge on any atom is -0.481 e. The molecule has 220 valence electrons. The Morgan fingerprint density at radius 3 is 2.21 bits per heavy atom. The van der Waals surface area contributed by atoms with Crippen LogP contribution in [0, 0.1) is 0 Å². The standard InChI is InChI=1S/C34H42BN3O4/c1-32(2)33(3,4)41-35(40-32)26-22-28(31(39-7)37-23-26)30(25-15-9-8-10-16-25)34(42-36,20-21-38(5)6)29-19-13-17-24-14-11-12-18-27(24)29/h8-19,22-23,30H,20-21,36H2,1-7H3. The molecule has 0 bridgehead atoms. The van der Waals surface area contributed by atoms with Crippen molar-refractivity contribution in [2.24, 2.45) is 5.90 Å². The predicted molar refractivity (Wildman–Crippen MR) is 169 cm³/mol. The zero-order chi connectivity index (χ0) is 30.1. The molecule has 2 N–H and O–H groups in total. The highest BCUT2D eigenvalue weighted by molar-refractivity contribution is 6.62. The van der Waals surface area contributed by atoms with Crippen molar-refractivity contribution < 1.29 is 18.9 Å². The summed E-state index contributed by atoms with van der Waals surface area (Å²) in [5, 5.41) is 2.20. The van der Waals surface area contributed by atoms with E-state index in [-0.39, 0.29) is 5.92 Å². The molecular weight excluding hydrogens is 525 g/mol. The highest BCUT2D eigenvalue weighted by Gasteiger charge is 2.52. The number of hydrogen-bond donors (Lipinski definition) is 1. The normalized spacial score (nSPS) is 18.3. The lowest BCUT2D eigenvalue weighted by atomic mass is 9.69. The molecule has 4 aromatic rings. The van der Waals surface area contributed by atoms with Gasteiger partial charge in [-0.25, -0.2) is 10.9 Å². The fourth-order valence-corrected chi connectivity index (χ4v) is 5.93. The van der Waals surface area contributed by atoms with Crippen LogP contribution < -0.4 is 16.1 Å². The van der Waals surface area contributed by atoms with Crippen LogP contribution in [0.15, 0.2) is 85.1 Å². The van der Waals surface area contributed by atoms with Gasteiger partial charge in [0.2, 0.25) is 5.88 Å². The van der Waals surface area contributed by atoms with Crippen molar-refractivity contribution in [3.8, 4) is 5.88 Å². The van der Waals surface area contributed by atoms with Gasteiger partial charge in [-0.1, -0.05) is 78.9 Å². The van der Waals surface area contributed by atoms with Gasteiger partial charge in [0.15, 0.2) is 0 Å². The molecule has 0 amide bonds. The van der Waals surface area contributed by atoms with Crippen LogP contribution in [0.1, 0.15) is 56.7 Å². The van der Waals surface area contributed by atoms with Crippen molar-refractivity contribution in [3.05, 3.63) is 102 Å². The van der Waals surface area contributed by atoms with Gasteiger partial charge in [0.05, 0.1) is 18.3 Å². The second-order valence-electron chi connectivity index (χ2n) is 12.4. The Morgan fingerprint density at radius 2 is 1.57 bits per heavy atom. The minimum atomic E-state index is -0.990. The first-order valence-corrected chi connectivity index (χ1v) is 14.5. The van der Waals surface area contributed by atoms with Crippen molar-refractivity contribution in [1.29, 1.82) is 0 Å². The van der Waals surface area contributed by atoms with Crippen LogP contribution in [0.2, 0.25) is 0 Å². The van der Waals surface area contributed by atoms with Crippen molar-refractivity contribution in [2.45, 2.75) is 56.8 Å². The lowest BCUT2D eigenvalue weighted by Gasteiger charge is -2.41. The van der Waals surface area contributed by atoms with Crippen molar-refractivity contribution in [1.82, 2.24) is 9.88 Å².